The third-order valence-electron chi connectivity index (χ3n) is 3.65. The van der Waals surface area contributed by atoms with Gasteiger partial charge in [-0.1, -0.05) is 43.1 Å². The van der Waals surface area contributed by atoms with Crippen LogP contribution in [0.15, 0.2) is 24.3 Å². The highest BCUT2D eigenvalue weighted by Crippen LogP contribution is 2.51. The van der Waals surface area contributed by atoms with Crippen molar-refractivity contribution in [2.24, 2.45) is 5.92 Å². The zero-order valence-corrected chi connectivity index (χ0v) is 10.00. The lowest BCUT2D eigenvalue weighted by Gasteiger charge is -2.45. The zero-order chi connectivity index (χ0) is 11.8. The minimum Gasteiger partial charge on any atom is -0.481 e. The molecule has 2 rings (SSSR count). The fraction of sp³-hybridized carbons (Fsp3) is 0.462. The molecule has 1 aliphatic carbocycles. The summed E-state index contributed by atoms with van der Waals surface area (Å²) >= 11 is 6.09. The first-order valence-electron chi connectivity index (χ1n) is 5.58. The molecule has 0 atom stereocenters. The van der Waals surface area contributed by atoms with Gasteiger partial charge in [0.2, 0.25) is 0 Å². The highest BCUT2D eigenvalue weighted by atomic mass is 35.5. The average Bonchev–Trinajstić information content (AvgIpc) is 2.19. The number of halogens is 1. The number of carboxylic acids is 1. The van der Waals surface area contributed by atoms with E-state index in [4.69, 9.17) is 11.6 Å². The first-order valence-corrected chi connectivity index (χ1v) is 5.96. The summed E-state index contributed by atoms with van der Waals surface area (Å²) in [6.45, 7) is 2.10. The van der Waals surface area contributed by atoms with Crippen LogP contribution in [0.2, 0.25) is 5.02 Å². The molecule has 86 valence electrons. The number of benzene rings is 1. The molecule has 0 heterocycles. The molecular weight excluding hydrogens is 224 g/mol. The van der Waals surface area contributed by atoms with Gasteiger partial charge in [-0.25, -0.2) is 0 Å². The fourth-order valence-corrected chi connectivity index (χ4v) is 2.89. The van der Waals surface area contributed by atoms with Crippen molar-refractivity contribution < 1.29 is 9.90 Å². The number of carboxylic acid groups (broad SMARTS) is 1. The normalized spacial score (nSPS) is 28.5. The Labute approximate surface area is 100 Å². The molecule has 1 aliphatic rings. The van der Waals surface area contributed by atoms with Crippen molar-refractivity contribution in [2.75, 3.05) is 0 Å². The van der Waals surface area contributed by atoms with E-state index in [1.165, 1.54) is 0 Å². The van der Waals surface area contributed by atoms with Crippen LogP contribution < -0.4 is 0 Å². The summed E-state index contributed by atoms with van der Waals surface area (Å²) in [5, 5.41) is 9.99. The summed E-state index contributed by atoms with van der Waals surface area (Å²) in [4.78, 5) is 11.5. The van der Waals surface area contributed by atoms with E-state index in [-0.39, 0.29) is 0 Å². The van der Waals surface area contributed by atoms with E-state index in [0.717, 1.165) is 12.0 Å². The summed E-state index contributed by atoms with van der Waals surface area (Å²) < 4.78 is 0. The van der Waals surface area contributed by atoms with Crippen LogP contribution in [0.5, 0.6) is 0 Å². The lowest BCUT2D eigenvalue weighted by atomic mass is 9.58. The predicted molar refractivity (Wildman–Crippen MR) is 63.8 cm³/mol. The quantitative estimate of drug-likeness (QED) is 0.875. The Balaban J connectivity index is 2.36. The van der Waals surface area contributed by atoms with Crippen molar-refractivity contribution in [3.8, 4) is 0 Å². The lowest BCUT2D eigenvalue weighted by molar-refractivity contribution is -0.149. The van der Waals surface area contributed by atoms with Gasteiger partial charge < -0.3 is 5.11 Å². The minimum atomic E-state index is -0.745. The zero-order valence-electron chi connectivity index (χ0n) is 9.24. The fourth-order valence-electron chi connectivity index (χ4n) is 2.57. The molecule has 0 saturated heterocycles. The van der Waals surface area contributed by atoms with E-state index in [1.807, 2.05) is 18.2 Å². The molecule has 0 aromatic heterocycles. The molecule has 16 heavy (non-hydrogen) atoms. The summed E-state index contributed by atoms with van der Waals surface area (Å²) in [5.41, 5.74) is 0.0350. The van der Waals surface area contributed by atoms with Crippen LogP contribution in [0, 0.1) is 5.92 Å². The maximum Gasteiger partial charge on any atom is 0.314 e. The van der Waals surface area contributed by atoms with Gasteiger partial charge in [0.1, 0.15) is 0 Å². The van der Waals surface area contributed by atoms with Crippen molar-refractivity contribution in [3.63, 3.8) is 0 Å². The molecular formula is C13H15ClO2. The summed E-state index contributed by atoms with van der Waals surface area (Å²) in [6, 6.07) is 7.28. The second-order valence-electron chi connectivity index (χ2n) is 4.55. The van der Waals surface area contributed by atoms with Gasteiger partial charge in [0.15, 0.2) is 0 Å². The highest BCUT2D eigenvalue weighted by molar-refractivity contribution is 6.31. The van der Waals surface area contributed by atoms with Crippen LogP contribution >= 0.6 is 11.6 Å². The number of carbonyl (C=O) groups is 1. The van der Waals surface area contributed by atoms with Gasteiger partial charge in [-0.2, -0.15) is 0 Å². The summed E-state index contributed by atoms with van der Waals surface area (Å²) in [5.74, 6) is -0.224. The highest BCUT2D eigenvalue weighted by Gasteiger charge is 2.51. The number of hydrogen-bond donors (Lipinski definition) is 1. The summed E-state index contributed by atoms with van der Waals surface area (Å²) in [6.07, 6.45) is 2.46. The average molecular weight is 239 g/mol. The van der Waals surface area contributed by atoms with E-state index in [1.54, 1.807) is 6.07 Å². The first-order chi connectivity index (χ1) is 7.60. The largest absolute Gasteiger partial charge is 0.481 e. The molecule has 1 aromatic rings. The van der Waals surface area contributed by atoms with Crippen molar-refractivity contribution in [1.82, 2.24) is 0 Å². The Kier molecular flexibility index (Phi) is 2.94. The molecule has 1 fully saturated rings. The van der Waals surface area contributed by atoms with E-state index in [0.29, 0.717) is 23.8 Å². The van der Waals surface area contributed by atoms with Crippen LogP contribution in [0.4, 0.5) is 0 Å². The van der Waals surface area contributed by atoms with Crippen molar-refractivity contribution in [1.29, 1.82) is 0 Å². The molecule has 1 aromatic carbocycles. The second kappa shape index (κ2) is 4.10. The summed E-state index contributed by atoms with van der Waals surface area (Å²) in [7, 11) is 0. The standard InChI is InChI=1S/C13H15ClO2/c1-2-9-7-13(8-9,12(15)16)10-5-3-4-6-11(10)14/h3-6,9H,2,7-8H2,1H3,(H,15,16). The second-order valence-corrected chi connectivity index (χ2v) is 4.96. The lowest BCUT2D eigenvalue weighted by Crippen LogP contribution is -2.47. The molecule has 0 aliphatic heterocycles. The van der Waals surface area contributed by atoms with Crippen LogP contribution in [0.1, 0.15) is 31.7 Å². The third-order valence-corrected chi connectivity index (χ3v) is 3.98. The smallest absolute Gasteiger partial charge is 0.314 e. The molecule has 1 N–H and O–H groups in total. The van der Waals surface area contributed by atoms with Gasteiger partial charge in [-0.05, 0) is 30.4 Å². The number of aliphatic carboxylic acids is 1. The Morgan fingerprint density at radius 1 is 1.50 bits per heavy atom. The van der Waals surface area contributed by atoms with Crippen LogP contribution in [-0.2, 0) is 10.2 Å². The molecule has 2 nitrogen and oxygen atoms in total. The molecule has 0 bridgehead atoms. The van der Waals surface area contributed by atoms with Crippen LogP contribution in [0.3, 0.4) is 0 Å². The van der Waals surface area contributed by atoms with Gasteiger partial charge in [0, 0.05) is 5.02 Å². The van der Waals surface area contributed by atoms with Gasteiger partial charge in [0.25, 0.3) is 0 Å². The maximum absolute atomic E-state index is 11.5. The minimum absolute atomic E-state index is 0.521. The topological polar surface area (TPSA) is 37.3 Å². The Morgan fingerprint density at radius 3 is 2.62 bits per heavy atom. The Hall–Kier alpha value is -1.02. The molecule has 0 unspecified atom stereocenters. The maximum atomic E-state index is 11.5. The van der Waals surface area contributed by atoms with Gasteiger partial charge in [0.05, 0.1) is 5.41 Å². The number of hydrogen-bond acceptors (Lipinski definition) is 1. The third kappa shape index (κ3) is 1.61. The van der Waals surface area contributed by atoms with Crippen molar-refractivity contribution in [3.05, 3.63) is 34.9 Å². The van der Waals surface area contributed by atoms with E-state index in [9.17, 15) is 9.90 Å². The van der Waals surface area contributed by atoms with Crippen LogP contribution in [-0.4, -0.2) is 11.1 Å². The Morgan fingerprint density at radius 2 is 2.12 bits per heavy atom. The SMILES string of the molecule is CCC1CC(C(=O)O)(c2ccccc2Cl)C1. The molecule has 0 amide bonds. The van der Waals surface area contributed by atoms with E-state index < -0.39 is 11.4 Å². The van der Waals surface area contributed by atoms with Gasteiger partial charge >= 0.3 is 5.97 Å². The molecule has 3 heteroatoms. The van der Waals surface area contributed by atoms with Crippen LogP contribution in [0.25, 0.3) is 0 Å². The molecule has 0 radical (unpaired) electrons. The molecule has 1 saturated carbocycles. The van der Waals surface area contributed by atoms with Gasteiger partial charge in [-0.15, -0.1) is 0 Å². The number of rotatable bonds is 3. The van der Waals surface area contributed by atoms with Crippen molar-refractivity contribution >= 4 is 17.6 Å². The Bertz CT molecular complexity index is 408. The van der Waals surface area contributed by atoms with Gasteiger partial charge in [-0.3, -0.25) is 4.79 Å². The molecule has 0 spiro atoms. The van der Waals surface area contributed by atoms with Crippen molar-refractivity contribution in [2.45, 2.75) is 31.6 Å². The first kappa shape index (κ1) is 11.5. The van der Waals surface area contributed by atoms with E-state index in [2.05, 4.69) is 6.92 Å². The monoisotopic (exact) mass is 238 g/mol. The predicted octanol–water partition coefficient (Wildman–Crippen LogP) is 3.48. The van der Waals surface area contributed by atoms with E-state index >= 15 is 0 Å².